The number of hydrogen-bond acceptors (Lipinski definition) is 4. The third-order valence-electron chi connectivity index (χ3n) is 5.44. The summed E-state index contributed by atoms with van der Waals surface area (Å²) in [6.45, 7) is 5.48. The molecule has 0 saturated carbocycles. The van der Waals surface area contributed by atoms with Crippen molar-refractivity contribution < 1.29 is 9.53 Å². The summed E-state index contributed by atoms with van der Waals surface area (Å²) in [5.41, 5.74) is 1.94. The number of nitrogens with zero attached hydrogens (tertiary/aromatic N) is 1. The second-order valence-electron chi connectivity index (χ2n) is 7.31. The Kier molecular flexibility index (Phi) is 6.92. The van der Waals surface area contributed by atoms with Crippen molar-refractivity contribution in [2.45, 2.75) is 77.7 Å². The Bertz CT molecular complexity index is 656. The summed E-state index contributed by atoms with van der Waals surface area (Å²) < 4.78 is 5.38. The molecule has 6 heteroatoms. The molecule has 1 N–H and O–H groups in total. The maximum absolute atomic E-state index is 12.7. The van der Waals surface area contributed by atoms with Gasteiger partial charge in [-0.05, 0) is 76.6 Å². The molecule has 0 radical (unpaired) electrons. The van der Waals surface area contributed by atoms with Crippen LogP contribution in [0.4, 0.5) is 5.00 Å². The van der Waals surface area contributed by atoms with E-state index in [0.717, 1.165) is 41.5 Å². The van der Waals surface area contributed by atoms with E-state index in [1.54, 1.807) is 11.3 Å². The molecule has 26 heavy (non-hydrogen) atoms. The predicted octanol–water partition coefficient (Wildman–Crippen LogP) is 5.16. The Morgan fingerprint density at radius 1 is 1.23 bits per heavy atom. The zero-order valence-corrected chi connectivity index (χ0v) is 17.6. The number of carbonyl (C=O) groups is 1. The fourth-order valence-corrected chi connectivity index (χ4v) is 5.71. The van der Waals surface area contributed by atoms with Crippen LogP contribution < -0.4 is 5.32 Å². The van der Waals surface area contributed by atoms with Crippen LogP contribution in [-0.2, 0) is 17.6 Å². The lowest BCUT2D eigenvalue weighted by atomic mass is 9.96. The highest BCUT2D eigenvalue weighted by Gasteiger charge is 2.27. The second-order valence-corrected chi connectivity index (χ2v) is 8.80. The summed E-state index contributed by atoms with van der Waals surface area (Å²) in [5.74, 6) is -0.206. The summed E-state index contributed by atoms with van der Waals surface area (Å²) >= 11 is 7.41. The minimum absolute atomic E-state index is 0.206. The van der Waals surface area contributed by atoms with Crippen molar-refractivity contribution in [2.24, 2.45) is 0 Å². The second kappa shape index (κ2) is 9.18. The molecular formula is C20H30N2O2S2. The van der Waals surface area contributed by atoms with Gasteiger partial charge < -0.3 is 15.0 Å². The molecule has 3 rings (SSSR count). The van der Waals surface area contributed by atoms with Crippen molar-refractivity contribution in [3.8, 4) is 0 Å². The Balaban J connectivity index is 1.88. The number of nitrogens with one attached hydrogen (secondary N) is 1. The molecule has 2 heterocycles. The van der Waals surface area contributed by atoms with Gasteiger partial charge in [0, 0.05) is 17.5 Å². The largest absolute Gasteiger partial charge is 0.462 e. The Morgan fingerprint density at radius 2 is 2.00 bits per heavy atom. The summed E-state index contributed by atoms with van der Waals surface area (Å²) in [7, 11) is 0. The van der Waals surface area contributed by atoms with Gasteiger partial charge >= 0.3 is 5.97 Å². The van der Waals surface area contributed by atoms with Gasteiger partial charge in [0.15, 0.2) is 5.11 Å². The van der Waals surface area contributed by atoms with Crippen LogP contribution >= 0.6 is 23.6 Å². The number of hydrogen-bond donors (Lipinski definition) is 1. The zero-order chi connectivity index (χ0) is 18.5. The van der Waals surface area contributed by atoms with Crippen LogP contribution in [0, 0.1) is 0 Å². The van der Waals surface area contributed by atoms with Crippen molar-refractivity contribution in [1.82, 2.24) is 4.90 Å². The van der Waals surface area contributed by atoms with Gasteiger partial charge in [0.05, 0.1) is 12.2 Å². The third kappa shape index (κ3) is 4.39. The highest BCUT2D eigenvalue weighted by atomic mass is 32.1. The van der Waals surface area contributed by atoms with Crippen molar-refractivity contribution >= 4 is 39.6 Å². The summed E-state index contributed by atoms with van der Waals surface area (Å²) in [6, 6.07) is 0.454. The average molecular weight is 395 g/mol. The first-order valence-corrected chi connectivity index (χ1v) is 11.2. The molecule has 0 aromatic carbocycles. The van der Waals surface area contributed by atoms with Crippen LogP contribution in [0.3, 0.4) is 0 Å². The summed E-state index contributed by atoms with van der Waals surface area (Å²) in [6.07, 6.45) is 10.5. The number of thiocarbonyl (C=S) groups is 1. The van der Waals surface area contributed by atoms with E-state index in [1.165, 1.54) is 49.0 Å². The fraction of sp³-hybridized carbons (Fsp3) is 0.700. The van der Waals surface area contributed by atoms with E-state index in [0.29, 0.717) is 12.6 Å². The van der Waals surface area contributed by atoms with Gasteiger partial charge in [0.1, 0.15) is 5.00 Å². The molecule has 1 aromatic heterocycles. The molecule has 1 fully saturated rings. The van der Waals surface area contributed by atoms with Gasteiger partial charge in [0.2, 0.25) is 0 Å². The quantitative estimate of drug-likeness (QED) is 0.567. The van der Waals surface area contributed by atoms with Gasteiger partial charge in [0.25, 0.3) is 0 Å². The molecule has 1 aliphatic heterocycles. The minimum Gasteiger partial charge on any atom is -0.462 e. The SMILES string of the molecule is CCOC(=O)c1c(NC(=S)N2CCCC[C@H]2C)sc2c1CCCCCC2. The number of aryl methyl sites for hydroxylation is 1. The number of ether oxygens (including phenoxy) is 1. The molecule has 1 atom stereocenters. The molecule has 144 valence electrons. The Morgan fingerprint density at radius 3 is 2.73 bits per heavy atom. The number of thiophene rings is 1. The minimum atomic E-state index is -0.206. The molecule has 2 aliphatic rings. The molecule has 0 spiro atoms. The normalized spacial score (nSPS) is 20.7. The van der Waals surface area contributed by atoms with Gasteiger partial charge in [-0.3, -0.25) is 0 Å². The number of carbonyl (C=O) groups excluding carboxylic acids is 1. The van der Waals surface area contributed by atoms with Crippen LogP contribution in [0.2, 0.25) is 0 Å². The summed E-state index contributed by atoms with van der Waals surface area (Å²) in [4.78, 5) is 16.3. The molecule has 1 saturated heterocycles. The molecule has 0 unspecified atom stereocenters. The smallest absolute Gasteiger partial charge is 0.341 e. The van der Waals surface area contributed by atoms with Gasteiger partial charge in [-0.2, -0.15) is 0 Å². The van der Waals surface area contributed by atoms with E-state index in [9.17, 15) is 4.79 Å². The van der Waals surface area contributed by atoms with Gasteiger partial charge in [-0.15, -0.1) is 11.3 Å². The molecular weight excluding hydrogens is 364 g/mol. The van der Waals surface area contributed by atoms with Crippen LogP contribution in [0.5, 0.6) is 0 Å². The molecule has 1 aliphatic carbocycles. The first-order valence-electron chi connectivity index (χ1n) is 10.0. The van der Waals surface area contributed by atoms with Gasteiger partial charge in [-0.25, -0.2) is 4.79 Å². The Hall–Kier alpha value is -1.14. The van der Waals surface area contributed by atoms with Gasteiger partial charge in [-0.1, -0.05) is 12.8 Å². The van der Waals surface area contributed by atoms with Crippen molar-refractivity contribution in [3.63, 3.8) is 0 Å². The van der Waals surface area contributed by atoms with E-state index >= 15 is 0 Å². The highest BCUT2D eigenvalue weighted by molar-refractivity contribution is 7.80. The number of likely N-dealkylation sites (tertiary alicyclic amines) is 1. The van der Waals surface area contributed by atoms with Crippen LogP contribution in [0.25, 0.3) is 0 Å². The lowest BCUT2D eigenvalue weighted by Crippen LogP contribution is -2.44. The number of piperidine rings is 1. The lowest BCUT2D eigenvalue weighted by molar-refractivity contribution is 0.0526. The Labute approximate surface area is 166 Å². The zero-order valence-electron chi connectivity index (χ0n) is 15.9. The monoisotopic (exact) mass is 394 g/mol. The van der Waals surface area contributed by atoms with E-state index < -0.39 is 0 Å². The maximum Gasteiger partial charge on any atom is 0.341 e. The van der Waals surface area contributed by atoms with E-state index in [4.69, 9.17) is 17.0 Å². The van der Waals surface area contributed by atoms with Crippen molar-refractivity contribution in [2.75, 3.05) is 18.5 Å². The standard InChI is InChI=1S/C20H30N2O2S2/c1-3-24-19(23)17-15-11-6-4-5-7-12-16(15)26-18(17)21-20(25)22-13-9-8-10-14(22)2/h14H,3-13H2,1-2H3,(H,21,25)/t14-/m1/s1. The van der Waals surface area contributed by atoms with E-state index in [1.807, 2.05) is 6.92 Å². The van der Waals surface area contributed by atoms with Crippen LogP contribution in [0.1, 0.15) is 79.6 Å². The fourth-order valence-electron chi connectivity index (χ4n) is 4.00. The molecule has 4 nitrogen and oxygen atoms in total. The topological polar surface area (TPSA) is 41.6 Å². The number of rotatable bonds is 3. The lowest BCUT2D eigenvalue weighted by Gasteiger charge is -2.35. The molecule has 0 amide bonds. The summed E-state index contributed by atoms with van der Waals surface area (Å²) in [5, 5.41) is 5.06. The number of anilines is 1. The predicted molar refractivity (Wildman–Crippen MR) is 112 cm³/mol. The number of esters is 1. The van der Waals surface area contributed by atoms with E-state index in [-0.39, 0.29) is 5.97 Å². The highest BCUT2D eigenvalue weighted by Crippen LogP contribution is 2.38. The van der Waals surface area contributed by atoms with Crippen LogP contribution in [0.15, 0.2) is 0 Å². The maximum atomic E-state index is 12.7. The first kappa shape index (κ1) is 19.6. The average Bonchev–Trinajstić information content (AvgIpc) is 2.92. The number of fused-ring (bicyclic) bond motifs is 1. The molecule has 0 bridgehead atoms. The van der Waals surface area contributed by atoms with Crippen molar-refractivity contribution in [3.05, 3.63) is 16.0 Å². The first-order chi connectivity index (χ1) is 12.6. The molecule has 1 aromatic rings. The van der Waals surface area contributed by atoms with E-state index in [2.05, 4.69) is 17.1 Å². The van der Waals surface area contributed by atoms with Crippen molar-refractivity contribution in [1.29, 1.82) is 0 Å². The third-order valence-corrected chi connectivity index (χ3v) is 6.98. The van der Waals surface area contributed by atoms with Crippen LogP contribution in [-0.4, -0.2) is 35.2 Å².